The van der Waals surface area contributed by atoms with Gasteiger partial charge in [0.25, 0.3) is 0 Å². The Morgan fingerprint density at radius 3 is 2.63 bits per heavy atom. The van der Waals surface area contributed by atoms with E-state index in [9.17, 15) is 0 Å². The van der Waals surface area contributed by atoms with Crippen molar-refractivity contribution in [3.8, 4) is 0 Å². The number of benzene rings is 1. The Bertz CT molecular complexity index is 336. The number of unbranched alkanes of at least 4 members (excludes halogenated alkanes) is 1. The van der Waals surface area contributed by atoms with Crippen molar-refractivity contribution in [3.05, 3.63) is 48.6 Å². The minimum absolute atomic E-state index is 0.123. The molecule has 0 radical (unpaired) electrons. The maximum atomic E-state index is 5.74. The number of hydrogen-bond donors (Lipinski definition) is 1. The van der Waals surface area contributed by atoms with Crippen molar-refractivity contribution in [2.75, 3.05) is 13.7 Å². The van der Waals surface area contributed by atoms with E-state index in [-0.39, 0.29) is 6.10 Å². The van der Waals surface area contributed by atoms with E-state index >= 15 is 0 Å². The predicted octanol–water partition coefficient (Wildman–Crippen LogP) is 4.10. The summed E-state index contributed by atoms with van der Waals surface area (Å²) in [6.45, 7) is 7.02. The van der Waals surface area contributed by atoms with Crippen LogP contribution in [0.2, 0.25) is 0 Å². The van der Waals surface area contributed by atoms with Crippen LogP contribution in [0.25, 0.3) is 0 Å². The lowest BCUT2D eigenvalue weighted by atomic mass is 9.97. The second-order valence-corrected chi connectivity index (χ2v) is 4.85. The van der Waals surface area contributed by atoms with Crippen LogP contribution in [0, 0.1) is 0 Å². The standard InChI is InChI=1S/C17H27NO/c1-4-6-8-13-16(18-14-5-2)17(19-3)15-11-9-7-10-12-15/h4,7,9-12,16-18H,1,5-6,8,13-14H2,2-3H3. The van der Waals surface area contributed by atoms with E-state index in [4.69, 9.17) is 4.74 Å². The van der Waals surface area contributed by atoms with Crippen molar-refractivity contribution in [2.45, 2.75) is 44.8 Å². The molecule has 1 aromatic carbocycles. The molecule has 0 fully saturated rings. The highest BCUT2D eigenvalue weighted by Crippen LogP contribution is 2.23. The molecule has 1 N–H and O–H groups in total. The van der Waals surface area contributed by atoms with Gasteiger partial charge < -0.3 is 10.1 Å². The lowest BCUT2D eigenvalue weighted by Crippen LogP contribution is -2.36. The molecule has 2 heteroatoms. The van der Waals surface area contributed by atoms with Crippen LogP contribution in [0.1, 0.15) is 44.3 Å². The van der Waals surface area contributed by atoms with E-state index in [2.05, 4.69) is 43.1 Å². The van der Waals surface area contributed by atoms with Crippen LogP contribution >= 0.6 is 0 Å². The van der Waals surface area contributed by atoms with Crippen LogP contribution in [0.4, 0.5) is 0 Å². The first kappa shape index (κ1) is 15.9. The maximum Gasteiger partial charge on any atom is 0.0973 e. The molecule has 19 heavy (non-hydrogen) atoms. The summed E-state index contributed by atoms with van der Waals surface area (Å²) in [5.74, 6) is 0. The van der Waals surface area contributed by atoms with Gasteiger partial charge in [0.1, 0.15) is 0 Å². The van der Waals surface area contributed by atoms with Gasteiger partial charge in [-0.3, -0.25) is 0 Å². The van der Waals surface area contributed by atoms with Crippen molar-refractivity contribution in [3.63, 3.8) is 0 Å². The molecule has 0 amide bonds. The Balaban J connectivity index is 2.70. The normalized spacial score (nSPS) is 14.0. The molecule has 106 valence electrons. The van der Waals surface area contributed by atoms with Gasteiger partial charge in [0, 0.05) is 13.2 Å². The molecule has 0 spiro atoms. The van der Waals surface area contributed by atoms with Crippen LogP contribution in [-0.2, 0) is 4.74 Å². The number of methoxy groups -OCH3 is 1. The summed E-state index contributed by atoms with van der Waals surface area (Å²) < 4.78 is 5.74. The van der Waals surface area contributed by atoms with Gasteiger partial charge >= 0.3 is 0 Å². The van der Waals surface area contributed by atoms with Gasteiger partial charge in [-0.2, -0.15) is 0 Å². The fourth-order valence-electron chi connectivity index (χ4n) is 2.35. The molecule has 2 unspecified atom stereocenters. The summed E-state index contributed by atoms with van der Waals surface area (Å²) >= 11 is 0. The van der Waals surface area contributed by atoms with Crippen molar-refractivity contribution < 1.29 is 4.74 Å². The number of rotatable bonds is 10. The third-order valence-electron chi connectivity index (χ3n) is 3.33. The minimum atomic E-state index is 0.123. The average molecular weight is 261 g/mol. The van der Waals surface area contributed by atoms with Crippen LogP contribution in [0.5, 0.6) is 0 Å². The molecule has 0 heterocycles. The van der Waals surface area contributed by atoms with Gasteiger partial charge in [-0.1, -0.05) is 43.3 Å². The molecule has 0 aliphatic heterocycles. The highest BCUT2D eigenvalue weighted by atomic mass is 16.5. The largest absolute Gasteiger partial charge is 0.375 e. The van der Waals surface area contributed by atoms with Crippen molar-refractivity contribution >= 4 is 0 Å². The maximum absolute atomic E-state index is 5.74. The third kappa shape index (κ3) is 5.58. The zero-order chi connectivity index (χ0) is 13.9. The number of ether oxygens (including phenoxy) is 1. The average Bonchev–Trinajstić information content (AvgIpc) is 2.46. The number of hydrogen-bond acceptors (Lipinski definition) is 2. The molecule has 0 bridgehead atoms. The summed E-state index contributed by atoms with van der Waals surface area (Å²) in [5.41, 5.74) is 1.25. The smallest absolute Gasteiger partial charge is 0.0973 e. The fraction of sp³-hybridized carbons (Fsp3) is 0.529. The summed E-state index contributed by atoms with van der Waals surface area (Å²) in [7, 11) is 1.80. The lowest BCUT2D eigenvalue weighted by Gasteiger charge is -2.27. The molecule has 2 nitrogen and oxygen atoms in total. The van der Waals surface area contributed by atoms with Crippen LogP contribution in [0.3, 0.4) is 0 Å². The quantitative estimate of drug-likeness (QED) is 0.506. The second kappa shape index (κ2) is 9.76. The second-order valence-electron chi connectivity index (χ2n) is 4.85. The predicted molar refractivity (Wildman–Crippen MR) is 82.3 cm³/mol. The van der Waals surface area contributed by atoms with Crippen LogP contribution in [0.15, 0.2) is 43.0 Å². The van der Waals surface area contributed by atoms with Crippen LogP contribution < -0.4 is 5.32 Å². The Kier molecular flexibility index (Phi) is 8.19. The molecule has 2 atom stereocenters. The Labute approximate surface area is 117 Å². The van der Waals surface area contributed by atoms with E-state index in [0.29, 0.717) is 6.04 Å². The lowest BCUT2D eigenvalue weighted by molar-refractivity contribution is 0.0643. The van der Waals surface area contributed by atoms with Crippen molar-refractivity contribution in [1.29, 1.82) is 0 Å². The van der Waals surface area contributed by atoms with Gasteiger partial charge in [0.15, 0.2) is 0 Å². The van der Waals surface area contributed by atoms with Crippen LogP contribution in [-0.4, -0.2) is 19.7 Å². The van der Waals surface area contributed by atoms with Gasteiger partial charge in [-0.05, 0) is 37.8 Å². The SMILES string of the molecule is C=CCCCC(NCCC)C(OC)c1ccccc1. The van der Waals surface area contributed by atoms with E-state index < -0.39 is 0 Å². The number of nitrogens with one attached hydrogen (secondary N) is 1. The van der Waals surface area contributed by atoms with Gasteiger partial charge in [-0.15, -0.1) is 6.58 Å². The van der Waals surface area contributed by atoms with Gasteiger partial charge in [0.05, 0.1) is 6.10 Å². The minimum Gasteiger partial charge on any atom is -0.375 e. The van der Waals surface area contributed by atoms with E-state index in [0.717, 1.165) is 32.2 Å². The molecular formula is C17H27NO. The molecule has 0 saturated carbocycles. The van der Waals surface area contributed by atoms with Crippen molar-refractivity contribution in [1.82, 2.24) is 5.32 Å². The zero-order valence-corrected chi connectivity index (χ0v) is 12.3. The molecule has 0 saturated heterocycles. The van der Waals surface area contributed by atoms with E-state index in [1.54, 1.807) is 7.11 Å². The summed E-state index contributed by atoms with van der Waals surface area (Å²) in [6, 6.07) is 10.8. The van der Waals surface area contributed by atoms with Gasteiger partial charge in [-0.25, -0.2) is 0 Å². The molecule has 1 aromatic rings. The Hall–Kier alpha value is -1.12. The molecule has 1 rings (SSSR count). The molecule has 0 aliphatic carbocycles. The fourth-order valence-corrected chi connectivity index (χ4v) is 2.35. The van der Waals surface area contributed by atoms with E-state index in [1.165, 1.54) is 5.56 Å². The molecule has 0 aromatic heterocycles. The number of allylic oxidation sites excluding steroid dienone is 1. The van der Waals surface area contributed by atoms with Gasteiger partial charge in [0.2, 0.25) is 0 Å². The highest BCUT2D eigenvalue weighted by molar-refractivity contribution is 5.19. The Morgan fingerprint density at radius 1 is 1.32 bits per heavy atom. The van der Waals surface area contributed by atoms with Crippen molar-refractivity contribution in [2.24, 2.45) is 0 Å². The first-order valence-electron chi connectivity index (χ1n) is 7.25. The Morgan fingerprint density at radius 2 is 2.05 bits per heavy atom. The first-order valence-corrected chi connectivity index (χ1v) is 7.25. The topological polar surface area (TPSA) is 21.3 Å². The summed E-state index contributed by atoms with van der Waals surface area (Å²) in [5, 5.41) is 3.62. The monoisotopic (exact) mass is 261 g/mol. The molecule has 0 aliphatic rings. The summed E-state index contributed by atoms with van der Waals surface area (Å²) in [4.78, 5) is 0. The first-order chi connectivity index (χ1) is 9.33. The zero-order valence-electron chi connectivity index (χ0n) is 12.3. The summed E-state index contributed by atoms with van der Waals surface area (Å²) in [6.07, 6.45) is 6.58. The third-order valence-corrected chi connectivity index (χ3v) is 3.33. The molecular weight excluding hydrogens is 234 g/mol. The highest BCUT2D eigenvalue weighted by Gasteiger charge is 2.21. The van der Waals surface area contributed by atoms with E-state index in [1.807, 2.05) is 12.1 Å².